The monoisotopic (exact) mass is 272 g/mol. The highest BCUT2D eigenvalue weighted by molar-refractivity contribution is 5.69. The van der Waals surface area contributed by atoms with E-state index in [1.165, 1.54) is 26.4 Å². The Morgan fingerprint density at radius 2 is 1.40 bits per heavy atom. The molecule has 0 aliphatic carbocycles. The number of carbonyl (C=O) groups is 1. The predicted octanol–water partition coefficient (Wildman–Crippen LogP) is 3.70. The Balaban J connectivity index is 3.51. The van der Waals surface area contributed by atoms with Gasteiger partial charge in [0.2, 0.25) is 0 Å². The minimum absolute atomic E-state index is 0.177. The summed E-state index contributed by atoms with van der Waals surface area (Å²) < 4.78 is 4.54. The number of esters is 1. The lowest BCUT2D eigenvalue weighted by molar-refractivity contribution is -0.140. The lowest BCUT2D eigenvalue weighted by Gasteiger charge is -1.93. The van der Waals surface area contributed by atoms with Crippen LogP contribution in [0.15, 0.2) is 0 Å². The second-order valence-corrected chi connectivity index (χ2v) is 4.30. The first-order valence-electron chi connectivity index (χ1n) is 7.25. The molecule has 0 fully saturated rings. The maximum absolute atomic E-state index is 10.8. The predicted molar refractivity (Wildman–Crippen MR) is 82.6 cm³/mol. The molecule has 0 amide bonds. The molecule has 0 aromatic heterocycles. The summed E-state index contributed by atoms with van der Waals surface area (Å²) in [5.74, 6) is 17.9. The molecule has 2 nitrogen and oxygen atoms in total. The van der Waals surface area contributed by atoms with Crippen molar-refractivity contribution in [2.24, 2.45) is 0 Å². The standard InChI is InChI=1S/C18H24O2/c1-3-4-5-6-7-8-9-10-11-12-13-14-15-16-17-18(19)20-2/h3-6,9,12,15-17H2,1-2H3. The third-order valence-electron chi connectivity index (χ3n) is 2.54. The Morgan fingerprint density at radius 1 is 0.850 bits per heavy atom. The van der Waals surface area contributed by atoms with Crippen LogP contribution in [-0.2, 0) is 9.53 Å². The van der Waals surface area contributed by atoms with Crippen molar-refractivity contribution in [3.05, 3.63) is 0 Å². The highest BCUT2D eigenvalue weighted by atomic mass is 16.5. The van der Waals surface area contributed by atoms with E-state index in [1.54, 1.807) is 0 Å². The molecule has 20 heavy (non-hydrogen) atoms. The smallest absolute Gasteiger partial charge is 0.305 e. The fourth-order valence-electron chi connectivity index (χ4n) is 1.40. The third-order valence-corrected chi connectivity index (χ3v) is 2.54. The second-order valence-electron chi connectivity index (χ2n) is 4.30. The van der Waals surface area contributed by atoms with E-state index in [2.05, 4.69) is 47.2 Å². The summed E-state index contributed by atoms with van der Waals surface area (Å²) in [5, 5.41) is 0. The van der Waals surface area contributed by atoms with E-state index in [0.717, 1.165) is 12.8 Å². The van der Waals surface area contributed by atoms with E-state index < -0.39 is 0 Å². The van der Waals surface area contributed by atoms with Crippen molar-refractivity contribution in [2.45, 2.75) is 64.7 Å². The fourth-order valence-corrected chi connectivity index (χ4v) is 1.40. The Bertz CT molecular complexity index is 429. The molecule has 2 heteroatoms. The van der Waals surface area contributed by atoms with Crippen LogP contribution in [-0.4, -0.2) is 13.1 Å². The van der Waals surface area contributed by atoms with Crippen molar-refractivity contribution in [1.29, 1.82) is 0 Å². The number of rotatable bonds is 6. The number of hydrogen-bond acceptors (Lipinski definition) is 2. The van der Waals surface area contributed by atoms with Crippen molar-refractivity contribution in [1.82, 2.24) is 0 Å². The SMILES string of the molecule is CCCCCC#CCC#CCC#CCCCC(=O)OC. The molecule has 0 atom stereocenters. The summed E-state index contributed by atoms with van der Waals surface area (Å²) in [6, 6.07) is 0. The normalized spacial score (nSPS) is 8.30. The molecule has 0 radical (unpaired) electrons. The highest BCUT2D eigenvalue weighted by Gasteiger charge is 1.96. The molecular weight excluding hydrogens is 248 g/mol. The summed E-state index contributed by atoms with van der Waals surface area (Å²) in [4.78, 5) is 10.8. The zero-order chi connectivity index (χ0) is 14.9. The van der Waals surface area contributed by atoms with Gasteiger partial charge in [0.05, 0.1) is 20.0 Å². The number of hydrogen-bond donors (Lipinski definition) is 0. The molecule has 0 aromatic carbocycles. The molecule has 0 bridgehead atoms. The number of methoxy groups -OCH3 is 1. The van der Waals surface area contributed by atoms with Crippen molar-refractivity contribution < 1.29 is 9.53 Å². The Labute approximate surface area is 123 Å². The molecule has 0 saturated carbocycles. The van der Waals surface area contributed by atoms with Crippen LogP contribution >= 0.6 is 0 Å². The Morgan fingerprint density at radius 3 is 1.95 bits per heavy atom. The first-order valence-corrected chi connectivity index (χ1v) is 7.25. The lowest BCUT2D eigenvalue weighted by Crippen LogP contribution is -1.98. The van der Waals surface area contributed by atoms with Gasteiger partial charge in [0.25, 0.3) is 0 Å². The first kappa shape index (κ1) is 18.1. The van der Waals surface area contributed by atoms with Gasteiger partial charge in [-0.3, -0.25) is 4.79 Å². The maximum atomic E-state index is 10.8. The van der Waals surface area contributed by atoms with Crippen LogP contribution in [0.25, 0.3) is 0 Å². The molecule has 0 saturated heterocycles. The van der Waals surface area contributed by atoms with Crippen molar-refractivity contribution >= 4 is 5.97 Å². The van der Waals surface area contributed by atoms with Gasteiger partial charge < -0.3 is 4.74 Å². The van der Waals surface area contributed by atoms with Gasteiger partial charge in [0.1, 0.15) is 0 Å². The van der Waals surface area contributed by atoms with Gasteiger partial charge in [-0.1, -0.05) is 43.4 Å². The Kier molecular flexibility index (Phi) is 13.8. The number of ether oxygens (including phenoxy) is 1. The van der Waals surface area contributed by atoms with Crippen LogP contribution in [0.1, 0.15) is 64.7 Å². The van der Waals surface area contributed by atoms with E-state index in [9.17, 15) is 4.79 Å². The maximum Gasteiger partial charge on any atom is 0.305 e. The van der Waals surface area contributed by atoms with Crippen LogP contribution in [0.2, 0.25) is 0 Å². The van der Waals surface area contributed by atoms with E-state index in [0.29, 0.717) is 25.7 Å². The molecule has 108 valence electrons. The topological polar surface area (TPSA) is 26.3 Å². The molecule has 0 aliphatic rings. The van der Waals surface area contributed by atoms with Gasteiger partial charge in [0.15, 0.2) is 0 Å². The van der Waals surface area contributed by atoms with Gasteiger partial charge in [-0.05, 0) is 12.8 Å². The summed E-state index contributed by atoms with van der Waals surface area (Å²) in [7, 11) is 1.40. The zero-order valence-corrected chi connectivity index (χ0v) is 12.7. The van der Waals surface area contributed by atoms with Crippen molar-refractivity contribution in [3.63, 3.8) is 0 Å². The molecule has 0 aromatic rings. The second kappa shape index (κ2) is 15.2. The van der Waals surface area contributed by atoms with E-state index in [-0.39, 0.29) is 5.97 Å². The van der Waals surface area contributed by atoms with Gasteiger partial charge in [-0.15, -0.1) is 11.8 Å². The number of carbonyl (C=O) groups excluding carboxylic acids is 1. The van der Waals surface area contributed by atoms with Crippen LogP contribution < -0.4 is 0 Å². The minimum atomic E-state index is -0.177. The molecule has 0 rings (SSSR count). The van der Waals surface area contributed by atoms with Gasteiger partial charge in [-0.2, -0.15) is 0 Å². The highest BCUT2D eigenvalue weighted by Crippen LogP contribution is 1.96. The van der Waals surface area contributed by atoms with Crippen LogP contribution in [0.3, 0.4) is 0 Å². The summed E-state index contributed by atoms with van der Waals surface area (Å²) in [6.45, 7) is 2.19. The quantitative estimate of drug-likeness (QED) is 0.418. The first-order chi connectivity index (χ1) is 9.81. The van der Waals surface area contributed by atoms with Crippen LogP contribution in [0, 0.1) is 35.5 Å². The lowest BCUT2D eigenvalue weighted by atomic mass is 10.2. The largest absolute Gasteiger partial charge is 0.469 e. The number of unbranched alkanes of at least 4 members (excludes halogenated alkanes) is 4. The summed E-state index contributed by atoms with van der Waals surface area (Å²) >= 11 is 0. The van der Waals surface area contributed by atoms with Gasteiger partial charge in [0, 0.05) is 19.3 Å². The van der Waals surface area contributed by atoms with Crippen molar-refractivity contribution in [3.8, 4) is 35.5 Å². The van der Waals surface area contributed by atoms with E-state index in [1.807, 2.05) is 0 Å². The average molecular weight is 272 g/mol. The van der Waals surface area contributed by atoms with Crippen molar-refractivity contribution in [2.75, 3.05) is 7.11 Å². The molecule has 0 spiro atoms. The molecule has 0 N–H and O–H groups in total. The van der Waals surface area contributed by atoms with Gasteiger partial charge >= 0.3 is 5.97 Å². The third kappa shape index (κ3) is 14.2. The fraction of sp³-hybridized carbons (Fsp3) is 0.611. The van der Waals surface area contributed by atoms with Gasteiger partial charge in [-0.25, -0.2) is 0 Å². The molecular formula is C18H24O2. The summed E-state index contributed by atoms with van der Waals surface area (Å²) in [5.41, 5.74) is 0. The molecule has 0 aliphatic heterocycles. The van der Waals surface area contributed by atoms with Crippen LogP contribution in [0.4, 0.5) is 0 Å². The summed E-state index contributed by atoms with van der Waals surface area (Å²) in [6.07, 6.45) is 7.77. The van der Waals surface area contributed by atoms with E-state index >= 15 is 0 Å². The zero-order valence-electron chi connectivity index (χ0n) is 12.7. The molecule has 0 heterocycles. The molecule has 0 unspecified atom stereocenters. The average Bonchev–Trinajstić information content (AvgIpc) is 2.47. The van der Waals surface area contributed by atoms with E-state index in [4.69, 9.17) is 0 Å². The Hall–Kier alpha value is -1.85. The minimum Gasteiger partial charge on any atom is -0.469 e. The van der Waals surface area contributed by atoms with Crippen LogP contribution in [0.5, 0.6) is 0 Å².